The smallest absolute Gasteiger partial charge is 0.231 e. The predicted octanol–water partition coefficient (Wildman–Crippen LogP) is 3.56. The average Bonchev–Trinajstić information content (AvgIpc) is 3.21. The molecule has 4 heterocycles. The van der Waals surface area contributed by atoms with E-state index in [1.807, 2.05) is 42.5 Å². The predicted molar refractivity (Wildman–Crippen MR) is 92.6 cm³/mol. The SMILES string of the molecule is CC1(COc2ccc3ncc(-c4cc5ccccc5o4)n3n2)COC1. The van der Waals surface area contributed by atoms with Crippen LogP contribution in [0.2, 0.25) is 0 Å². The van der Waals surface area contributed by atoms with Gasteiger partial charge in [0.05, 0.1) is 26.0 Å². The van der Waals surface area contributed by atoms with E-state index in [0.29, 0.717) is 12.5 Å². The van der Waals surface area contributed by atoms with Crippen LogP contribution in [0.25, 0.3) is 28.1 Å². The summed E-state index contributed by atoms with van der Waals surface area (Å²) in [5, 5.41) is 5.63. The van der Waals surface area contributed by atoms with Crippen molar-refractivity contribution in [3.8, 4) is 17.3 Å². The van der Waals surface area contributed by atoms with E-state index in [9.17, 15) is 0 Å². The minimum Gasteiger partial charge on any atom is -0.476 e. The van der Waals surface area contributed by atoms with Gasteiger partial charge in [0.1, 0.15) is 11.3 Å². The fraction of sp³-hybridized carbons (Fsp3) is 0.263. The lowest BCUT2D eigenvalue weighted by molar-refractivity contribution is -0.120. The number of rotatable bonds is 4. The first kappa shape index (κ1) is 14.5. The van der Waals surface area contributed by atoms with Gasteiger partial charge in [-0.1, -0.05) is 25.1 Å². The molecule has 0 spiro atoms. The summed E-state index contributed by atoms with van der Waals surface area (Å²) in [6.07, 6.45) is 1.77. The average molecular weight is 335 g/mol. The van der Waals surface area contributed by atoms with E-state index >= 15 is 0 Å². The molecule has 0 bridgehead atoms. The van der Waals surface area contributed by atoms with E-state index in [-0.39, 0.29) is 5.41 Å². The summed E-state index contributed by atoms with van der Waals surface area (Å²) in [6.45, 7) is 4.18. The van der Waals surface area contributed by atoms with Crippen LogP contribution in [0.5, 0.6) is 5.88 Å². The molecule has 0 amide bonds. The standard InChI is InChI=1S/C19H17N3O3/c1-19(10-23-11-19)12-24-18-7-6-17-20-9-14(22(17)21-18)16-8-13-4-2-3-5-15(13)25-16/h2-9H,10-12H2,1H3. The molecule has 126 valence electrons. The normalized spacial score (nSPS) is 16.2. The van der Waals surface area contributed by atoms with Gasteiger partial charge in [-0.15, -0.1) is 5.10 Å². The van der Waals surface area contributed by atoms with Crippen molar-refractivity contribution in [1.29, 1.82) is 0 Å². The van der Waals surface area contributed by atoms with E-state index in [0.717, 1.165) is 41.3 Å². The maximum Gasteiger partial charge on any atom is 0.231 e. The number of aromatic nitrogens is 3. The Bertz CT molecular complexity index is 1030. The lowest BCUT2D eigenvalue weighted by Gasteiger charge is -2.37. The highest BCUT2D eigenvalue weighted by Gasteiger charge is 2.34. The van der Waals surface area contributed by atoms with Crippen molar-refractivity contribution in [3.63, 3.8) is 0 Å². The molecule has 6 heteroatoms. The monoisotopic (exact) mass is 335 g/mol. The minimum absolute atomic E-state index is 0.0765. The van der Waals surface area contributed by atoms with Crippen molar-refractivity contribution in [3.05, 3.63) is 48.7 Å². The van der Waals surface area contributed by atoms with Crippen LogP contribution in [-0.2, 0) is 4.74 Å². The summed E-state index contributed by atoms with van der Waals surface area (Å²) in [5.41, 5.74) is 2.47. The van der Waals surface area contributed by atoms with Crippen LogP contribution in [0.4, 0.5) is 0 Å². The maximum atomic E-state index is 5.94. The van der Waals surface area contributed by atoms with Crippen molar-refractivity contribution >= 4 is 16.6 Å². The Balaban J connectivity index is 1.51. The Hall–Kier alpha value is -2.86. The Morgan fingerprint density at radius 1 is 1.20 bits per heavy atom. The van der Waals surface area contributed by atoms with Gasteiger partial charge in [-0.25, -0.2) is 9.50 Å². The van der Waals surface area contributed by atoms with Gasteiger partial charge in [-0.05, 0) is 18.2 Å². The zero-order valence-corrected chi connectivity index (χ0v) is 13.8. The highest BCUT2D eigenvalue weighted by atomic mass is 16.5. The van der Waals surface area contributed by atoms with Gasteiger partial charge in [-0.3, -0.25) is 0 Å². The molecule has 1 saturated heterocycles. The molecule has 0 N–H and O–H groups in total. The van der Waals surface area contributed by atoms with Crippen LogP contribution in [0, 0.1) is 5.41 Å². The van der Waals surface area contributed by atoms with E-state index < -0.39 is 0 Å². The molecule has 1 aliphatic rings. The first-order valence-corrected chi connectivity index (χ1v) is 8.25. The molecule has 1 aliphatic heterocycles. The molecular formula is C19H17N3O3. The number of fused-ring (bicyclic) bond motifs is 2. The molecule has 0 unspecified atom stereocenters. The number of nitrogens with zero attached hydrogens (tertiary/aromatic N) is 3. The Kier molecular flexibility index (Phi) is 3.08. The first-order chi connectivity index (χ1) is 12.2. The van der Waals surface area contributed by atoms with E-state index in [1.54, 1.807) is 10.7 Å². The molecule has 1 fully saturated rings. The van der Waals surface area contributed by atoms with E-state index in [2.05, 4.69) is 17.0 Å². The number of para-hydroxylation sites is 1. The third-order valence-electron chi connectivity index (χ3n) is 4.49. The second-order valence-corrected chi connectivity index (χ2v) is 6.83. The molecule has 4 aromatic rings. The third-order valence-corrected chi connectivity index (χ3v) is 4.49. The molecule has 0 saturated carbocycles. The zero-order chi connectivity index (χ0) is 16.9. The highest BCUT2D eigenvalue weighted by molar-refractivity contribution is 5.82. The lowest BCUT2D eigenvalue weighted by Crippen LogP contribution is -2.44. The second kappa shape index (κ2) is 5.32. The van der Waals surface area contributed by atoms with Crippen LogP contribution in [0.15, 0.2) is 53.1 Å². The molecular weight excluding hydrogens is 318 g/mol. The quantitative estimate of drug-likeness (QED) is 0.571. The largest absolute Gasteiger partial charge is 0.476 e. The van der Waals surface area contributed by atoms with Crippen molar-refractivity contribution in [1.82, 2.24) is 14.6 Å². The second-order valence-electron chi connectivity index (χ2n) is 6.83. The summed E-state index contributed by atoms with van der Waals surface area (Å²) < 4.78 is 18.8. The van der Waals surface area contributed by atoms with Crippen LogP contribution >= 0.6 is 0 Å². The fourth-order valence-corrected chi connectivity index (χ4v) is 2.99. The number of ether oxygens (including phenoxy) is 2. The fourth-order valence-electron chi connectivity index (χ4n) is 2.99. The number of hydrogen-bond donors (Lipinski definition) is 0. The van der Waals surface area contributed by atoms with Gasteiger partial charge in [0.15, 0.2) is 11.4 Å². The summed E-state index contributed by atoms with van der Waals surface area (Å²) >= 11 is 0. The van der Waals surface area contributed by atoms with Crippen LogP contribution in [0.1, 0.15) is 6.92 Å². The van der Waals surface area contributed by atoms with Gasteiger partial charge in [0, 0.05) is 16.9 Å². The van der Waals surface area contributed by atoms with Crippen LogP contribution in [-0.4, -0.2) is 34.4 Å². The van der Waals surface area contributed by atoms with Gasteiger partial charge >= 0.3 is 0 Å². The van der Waals surface area contributed by atoms with Crippen molar-refractivity contribution in [2.45, 2.75) is 6.92 Å². The highest BCUT2D eigenvalue weighted by Crippen LogP contribution is 2.29. The molecule has 25 heavy (non-hydrogen) atoms. The summed E-state index contributed by atoms with van der Waals surface area (Å²) in [4.78, 5) is 4.41. The number of hydrogen-bond acceptors (Lipinski definition) is 5. The van der Waals surface area contributed by atoms with E-state index in [4.69, 9.17) is 13.9 Å². The molecule has 6 nitrogen and oxygen atoms in total. The Labute approximate surface area is 144 Å². The van der Waals surface area contributed by atoms with Crippen LogP contribution < -0.4 is 4.74 Å². The summed E-state index contributed by atoms with van der Waals surface area (Å²) in [7, 11) is 0. The van der Waals surface area contributed by atoms with E-state index in [1.165, 1.54) is 0 Å². The van der Waals surface area contributed by atoms with Crippen LogP contribution in [0.3, 0.4) is 0 Å². The number of benzene rings is 1. The number of imidazole rings is 1. The van der Waals surface area contributed by atoms with Crippen molar-refractivity contribution in [2.75, 3.05) is 19.8 Å². The maximum absolute atomic E-state index is 5.94. The summed E-state index contributed by atoms with van der Waals surface area (Å²) in [6, 6.07) is 13.7. The number of furan rings is 1. The summed E-state index contributed by atoms with van der Waals surface area (Å²) in [5.74, 6) is 1.30. The van der Waals surface area contributed by atoms with Crippen molar-refractivity contribution < 1.29 is 13.9 Å². The molecule has 0 radical (unpaired) electrons. The lowest BCUT2D eigenvalue weighted by atomic mass is 9.90. The molecule has 0 atom stereocenters. The van der Waals surface area contributed by atoms with Crippen molar-refractivity contribution in [2.24, 2.45) is 5.41 Å². The topological polar surface area (TPSA) is 61.8 Å². The third kappa shape index (κ3) is 2.46. The zero-order valence-electron chi connectivity index (χ0n) is 13.8. The molecule has 0 aliphatic carbocycles. The first-order valence-electron chi connectivity index (χ1n) is 8.25. The van der Waals surface area contributed by atoms with Gasteiger partial charge in [0.2, 0.25) is 5.88 Å². The van der Waals surface area contributed by atoms with Gasteiger partial charge in [-0.2, -0.15) is 0 Å². The van der Waals surface area contributed by atoms with Gasteiger partial charge < -0.3 is 13.9 Å². The molecule has 5 rings (SSSR count). The molecule has 1 aromatic carbocycles. The van der Waals surface area contributed by atoms with Gasteiger partial charge in [0.25, 0.3) is 0 Å². The minimum atomic E-state index is 0.0765. The Morgan fingerprint density at radius 3 is 2.88 bits per heavy atom. The molecule has 3 aromatic heterocycles. The Morgan fingerprint density at radius 2 is 2.08 bits per heavy atom.